The fraction of sp³-hybridized carbons (Fsp3) is 0.571. The van der Waals surface area contributed by atoms with E-state index < -0.39 is 11.9 Å². The van der Waals surface area contributed by atoms with Crippen LogP contribution in [0.5, 0.6) is 0 Å². The third-order valence-corrected chi connectivity index (χ3v) is 2.05. The van der Waals surface area contributed by atoms with Gasteiger partial charge in [0.25, 0.3) is 0 Å². The highest BCUT2D eigenvalue weighted by Crippen LogP contribution is 1.96. The summed E-state index contributed by atoms with van der Waals surface area (Å²) in [5, 5.41) is 0. The molecule has 6 nitrogen and oxygen atoms in total. The first-order valence-corrected chi connectivity index (χ1v) is 6.31. The molecule has 0 bridgehead atoms. The Morgan fingerprint density at radius 3 is 1.55 bits per heavy atom. The molecule has 114 valence electrons. The van der Waals surface area contributed by atoms with Crippen LogP contribution >= 0.6 is 0 Å². The monoisotopic (exact) mass is 286 g/mol. The minimum atomic E-state index is -0.477. The lowest BCUT2D eigenvalue weighted by atomic mass is 10.4. The summed E-state index contributed by atoms with van der Waals surface area (Å²) in [6, 6.07) is 0. The number of hydrogen-bond donors (Lipinski definition) is 0. The normalized spacial score (nSPS) is 13.1. The van der Waals surface area contributed by atoms with Gasteiger partial charge in [-0.05, 0) is 13.8 Å². The highest BCUT2D eigenvalue weighted by atomic mass is 16.6. The summed E-state index contributed by atoms with van der Waals surface area (Å²) in [5.41, 5.74) is 0. The molecule has 20 heavy (non-hydrogen) atoms. The maximum Gasteiger partial charge on any atom is 0.330 e. The van der Waals surface area contributed by atoms with Gasteiger partial charge in [0.2, 0.25) is 0 Å². The molecule has 6 heteroatoms. The number of carbonyl (C=O) groups excluding carboxylic acids is 2. The topological polar surface area (TPSA) is 71.1 Å². The van der Waals surface area contributed by atoms with Crippen LogP contribution in [0.25, 0.3) is 0 Å². The lowest BCUT2D eigenvalue weighted by Gasteiger charge is -2.14. The molecule has 0 radical (unpaired) electrons. The molecule has 0 aliphatic rings. The molecule has 0 saturated carbocycles. The smallest absolute Gasteiger partial charge is 0.330 e. The first kappa shape index (κ1) is 18.3. The maximum absolute atomic E-state index is 10.9. The van der Waals surface area contributed by atoms with E-state index >= 15 is 0 Å². The number of hydrogen-bond acceptors (Lipinski definition) is 6. The maximum atomic E-state index is 10.9. The molecule has 0 N–H and O–H groups in total. The van der Waals surface area contributed by atoms with E-state index in [9.17, 15) is 9.59 Å². The molecule has 0 aromatic heterocycles. The summed E-state index contributed by atoms with van der Waals surface area (Å²) >= 11 is 0. The van der Waals surface area contributed by atoms with Gasteiger partial charge in [-0.15, -0.1) is 0 Å². The molecule has 0 aromatic rings. The molecule has 2 atom stereocenters. The van der Waals surface area contributed by atoms with Crippen LogP contribution in [0.3, 0.4) is 0 Å². The van der Waals surface area contributed by atoms with Crippen molar-refractivity contribution >= 4 is 11.9 Å². The summed E-state index contributed by atoms with van der Waals surface area (Å²) in [4.78, 5) is 21.8. The van der Waals surface area contributed by atoms with Gasteiger partial charge in [-0.2, -0.15) is 0 Å². The van der Waals surface area contributed by atoms with Crippen LogP contribution in [0.15, 0.2) is 25.3 Å². The molecule has 0 spiro atoms. The lowest BCUT2D eigenvalue weighted by Crippen LogP contribution is -2.22. The number of esters is 2. The van der Waals surface area contributed by atoms with E-state index in [1.54, 1.807) is 13.8 Å². The van der Waals surface area contributed by atoms with E-state index in [4.69, 9.17) is 18.9 Å². The average Bonchev–Trinajstić information content (AvgIpc) is 2.42. The Kier molecular flexibility index (Phi) is 10.3. The predicted octanol–water partition coefficient (Wildman–Crippen LogP) is 1.25. The Labute approximate surface area is 119 Å². The second-order valence-corrected chi connectivity index (χ2v) is 4.05. The summed E-state index contributed by atoms with van der Waals surface area (Å²) < 4.78 is 20.4. The summed E-state index contributed by atoms with van der Waals surface area (Å²) in [5.74, 6) is -0.953. The van der Waals surface area contributed by atoms with Gasteiger partial charge in [-0.3, -0.25) is 0 Å². The van der Waals surface area contributed by atoms with Crippen LogP contribution in [-0.2, 0) is 28.5 Å². The van der Waals surface area contributed by atoms with Gasteiger partial charge in [-0.25, -0.2) is 9.59 Å². The third-order valence-electron chi connectivity index (χ3n) is 2.05. The van der Waals surface area contributed by atoms with Gasteiger partial charge in [0.1, 0.15) is 12.2 Å². The van der Waals surface area contributed by atoms with Crippen molar-refractivity contribution in [3.05, 3.63) is 25.3 Å². The average molecular weight is 286 g/mol. The minimum absolute atomic E-state index is 0.282. The molecule has 0 fully saturated rings. The molecule has 0 heterocycles. The zero-order valence-corrected chi connectivity index (χ0v) is 12.0. The largest absolute Gasteiger partial charge is 0.457 e. The van der Waals surface area contributed by atoms with Crippen molar-refractivity contribution in [1.82, 2.24) is 0 Å². The van der Waals surface area contributed by atoms with E-state index in [-0.39, 0.29) is 25.4 Å². The summed E-state index contributed by atoms with van der Waals surface area (Å²) in [7, 11) is 0. The summed E-state index contributed by atoms with van der Waals surface area (Å²) in [6.45, 7) is 11.3. The van der Waals surface area contributed by atoms with Crippen molar-refractivity contribution in [2.75, 3.05) is 26.4 Å². The van der Waals surface area contributed by atoms with Crippen molar-refractivity contribution in [3.8, 4) is 0 Å². The Balaban J connectivity index is 3.48. The molecule has 0 aliphatic carbocycles. The van der Waals surface area contributed by atoms with Crippen LogP contribution in [-0.4, -0.2) is 50.6 Å². The van der Waals surface area contributed by atoms with Crippen molar-refractivity contribution in [1.29, 1.82) is 0 Å². The first-order chi connectivity index (χ1) is 9.49. The molecular weight excluding hydrogens is 264 g/mol. The summed E-state index contributed by atoms with van der Waals surface area (Å²) in [6.07, 6.45) is 1.53. The standard InChI is InChI=1S/C14H22O6/c1-5-13(15)19-11(3)9-17-7-8-18-10-12(4)20-14(16)6-2/h5-6,11-12H,1-2,7-10H2,3-4H3. The quantitative estimate of drug-likeness (QED) is 0.323. The fourth-order valence-corrected chi connectivity index (χ4v) is 1.18. The molecule has 2 unspecified atom stereocenters. The molecule has 0 aliphatic heterocycles. The van der Waals surface area contributed by atoms with Gasteiger partial charge in [0.15, 0.2) is 0 Å². The number of rotatable bonds is 11. The van der Waals surface area contributed by atoms with E-state index in [2.05, 4.69) is 13.2 Å². The highest BCUT2D eigenvalue weighted by molar-refractivity contribution is 5.81. The molecular formula is C14H22O6. The molecule has 0 aromatic carbocycles. The van der Waals surface area contributed by atoms with Crippen molar-refractivity contribution in [2.45, 2.75) is 26.1 Å². The second kappa shape index (κ2) is 11.2. The number of carbonyl (C=O) groups is 2. The highest BCUT2D eigenvalue weighted by Gasteiger charge is 2.07. The predicted molar refractivity (Wildman–Crippen MR) is 73.1 cm³/mol. The van der Waals surface area contributed by atoms with Crippen LogP contribution in [0.2, 0.25) is 0 Å². The Bertz CT molecular complexity index is 294. The molecule has 0 amide bonds. The minimum Gasteiger partial charge on any atom is -0.457 e. The van der Waals surface area contributed by atoms with Crippen molar-refractivity contribution in [2.24, 2.45) is 0 Å². The van der Waals surface area contributed by atoms with Crippen LogP contribution in [0.1, 0.15) is 13.8 Å². The Morgan fingerprint density at radius 2 is 1.25 bits per heavy atom. The fourth-order valence-electron chi connectivity index (χ4n) is 1.18. The van der Waals surface area contributed by atoms with Gasteiger partial charge >= 0.3 is 11.9 Å². The van der Waals surface area contributed by atoms with E-state index in [1.165, 1.54) is 0 Å². The van der Waals surface area contributed by atoms with E-state index in [0.29, 0.717) is 13.2 Å². The van der Waals surface area contributed by atoms with Crippen LogP contribution in [0, 0.1) is 0 Å². The van der Waals surface area contributed by atoms with E-state index in [0.717, 1.165) is 12.2 Å². The van der Waals surface area contributed by atoms with Gasteiger partial charge in [0.05, 0.1) is 26.4 Å². The van der Waals surface area contributed by atoms with Crippen LogP contribution < -0.4 is 0 Å². The molecule has 0 saturated heterocycles. The van der Waals surface area contributed by atoms with Gasteiger partial charge in [-0.1, -0.05) is 13.2 Å². The molecule has 0 rings (SSSR count). The van der Waals surface area contributed by atoms with Gasteiger partial charge < -0.3 is 18.9 Å². The Morgan fingerprint density at radius 1 is 0.900 bits per heavy atom. The zero-order valence-electron chi connectivity index (χ0n) is 12.0. The lowest BCUT2D eigenvalue weighted by molar-refractivity contribution is -0.147. The van der Waals surface area contributed by atoms with E-state index in [1.807, 2.05) is 0 Å². The third kappa shape index (κ3) is 10.3. The van der Waals surface area contributed by atoms with Gasteiger partial charge in [0, 0.05) is 12.2 Å². The van der Waals surface area contributed by atoms with Crippen molar-refractivity contribution in [3.63, 3.8) is 0 Å². The SMILES string of the molecule is C=CC(=O)OC(C)COCCOCC(C)OC(=O)C=C. The zero-order chi connectivity index (χ0) is 15.4. The number of ether oxygens (including phenoxy) is 4. The Hall–Kier alpha value is -1.66. The van der Waals surface area contributed by atoms with Crippen LogP contribution in [0.4, 0.5) is 0 Å². The van der Waals surface area contributed by atoms with Crippen molar-refractivity contribution < 1.29 is 28.5 Å². The second-order valence-electron chi connectivity index (χ2n) is 4.05. The first-order valence-electron chi connectivity index (χ1n) is 6.31.